The first kappa shape index (κ1) is 14.6. The molecule has 2 unspecified atom stereocenters. The fourth-order valence-electron chi connectivity index (χ4n) is 2.46. The number of hydrogen-bond acceptors (Lipinski definition) is 3. The number of nitrogens with one attached hydrogen (secondary N) is 1. The van der Waals surface area contributed by atoms with E-state index in [0.29, 0.717) is 6.61 Å². The van der Waals surface area contributed by atoms with Crippen LogP contribution in [0, 0.1) is 0 Å². The van der Waals surface area contributed by atoms with Crippen molar-refractivity contribution in [1.82, 2.24) is 10.2 Å². The van der Waals surface area contributed by atoms with Gasteiger partial charge in [0, 0.05) is 7.05 Å². The van der Waals surface area contributed by atoms with E-state index in [2.05, 4.69) is 18.8 Å². The maximum atomic E-state index is 12.1. The molecule has 0 radical (unpaired) electrons. The molecular formula is C16H22N2O2. The average Bonchev–Trinajstić information content (AvgIpc) is 2.75. The number of rotatable bonds is 6. The monoisotopic (exact) mass is 274 g/mol. The lowest BCUT2D eigenvalue weighted by Crippen LogP contribution is -2.28. The average molecular weight is 274 g/mol. The Hall–Kier alpha value is -1.81. The summed E-state index contributed by atoms with van der Waals surface area (Å²) in [5, 5.41) is 3.39. The minimum Gasteiger partial charge on any atom is -0.490 e. The number of carbonyl (C=O) groups is 1. The van der Waals surface area contributed by atoms with Crippen LogP contribution in [0.25, 0.3) is 0 Å². The number of amides is 1. The Bertz CT molecular complexity index is 470. The van der Waals surface area contributed by atoms with Crippen LogP contribution in [0.4, 0.5) is 0 Å². The summed E-state index contributed by atoms with van der Waals surface area (Å²) in [6.45, 7) is 6.21. The molecular weight excluding hydrogens is 252 g/mol. The lowest BCUT2D eigenvalue weighted by atomic mass is 10.1. The molecule has 1 aliphatic heterocycles. The summed E-state index contributed by atoms with van der Waals surface area (Å²) >= 11 is 0. The second kappa shape index (κ2) is 6.57. The van der Waals surface area contributed by atoms with Crippen LogP contribution in [-0.4, -0.2) is 30.5 Å². The van der Waals surface area contributed by atoms with Crippen molar-refractivity contribution in [2.24, 2.45) is 0 Å². The van der Waals surface area contributed by atoms with Gasteiger partial charge in [0.2, 0.25) is 5.91 Å². The van der Waals surface area contributed by atoms with Gasteiger partial charge in [-0.25, -0.2) is 0 Å². The molecule has 1 amide bonds. The molecule has 1 aromatic carbocycles. The quantitative estimate of drug-likeness (QED) is 0.810. The van der Waals surface area contributed by atoms with Gasteiger partial charge in [0.1, 0.15) is 18.5 Å². The molecule has 1 N–H and O–H groups in total. The molecule has 1 saturated heterocycles. The number of benzene rings is 1. The van der Waals surface area contributed by atoms with Gasteiger partial charge in [0.15, 0.2) is 0 Å². The predicted octanol–water partition coefficient (Wildman–Crippen LogP) is 2.48. The molecule has 4 nitrogen and oxygen atoms in total. The first-order chi connectivity index (χ1) is 9.67. The summed E-state index contributed by atoms with van der Waals surface area (Å²) in [5.74, 6) is 0.981. The third-order valence-electron chi connectivity index (χ3n) is 3.53. The van der Waals surface area contributed by atoms with Crippen LogP contribution in [0.5, 0.6) is 5.75 Å². The molecule has 0 saturated carbocycles. The first-order valence-electron chi connectivity index (χ1n) is 7.03. The third kappa shape index (κ3) is 3.02. The van der Waals surface area contributed by atoms with Gasteiger partial charge in [-0.05, 0) is 24.1 Å². The maximum absolute atomic E-state index is 12.1. The van der Waals surface area contributed by atoms with Gasteiger partial charge >= 0.3 is 0 Å². The van der Waals surface area contributed by atoms with Crippen molar-refractivity contribution in [3.8, 4) is 5.75 Å². The normalized spacial score (nSPS) is 22.1. The van der Waals surface area contributed by atoms with Gasteiger partial charge in [0.25, 0.3) is 0 Å². The largest absolute Gasteiger partial charge is 0.490 e. The Morgan fingerprint density at radius 3 is 2.70 bits per heavy atom. The molecule has 1 aromatic rings. The molecule has 4 heteroatoms. The van der Waals surface area contributed by atoms with Crippen molar-refractivity contribution < 1.29 is 9.53 Å². The van der Waals surface area contributed by atoms with Crippen molar-refractivity contribution in [3.05, 3.63) is 42.5 Å². The van der Waals surface area contributed by atoms with Crippen LogP contribution in [0.3, 0.4) is 0 Å². The fraction of sp³-hybridized carbons (Fsp3) is 0.438. The number of nitrogens with zero attached hydrogens (tertiary/aromatic N) is 1. The van der Waals surface area contributed by atoms with Crippen molar-refractivity contribution >= 4 is 5.91 Å². The van der Waals surface area contributed by atoms with Crippen molar-refractivity contribution in [3.63, 3.8) is 0 Å². The molecule has 0 aromatic heterocycles. The van der Waals surface area contributed by atoms with Gasteiger partial charge in [-0.1, -0.05) is 38.1 Å². The van der Waals surface area contributed by atoms with E-state index in [1.54, 1.807) is 11.0 Å². The zero-order chi connectivity index (χ0) is 14.5. The smallest absolute Gasteiger partial charge is 0.241 e. The Morgan fingerprint density at radius 1 is 1.40 bits per heavy atom. The summed E-state index contributed by atoms with van der Waals surface area (Å²) < 4.78 is 5.46. The standard InChI is InChI=1S/C16H22N2O2/c1-4-6-14-16(19)18(3)15(17-14)12-7-9-13(10-8-12)20-11-5-2/h5,7-10,14-15,17H,2,4,6,11H2,1,3H3. The molecule has 2 atom stereocenters. The molecule has 1 fully saturated rings. The Kier molecular flexibility index (Phi) is 4.79. The summed E-state index contributed by atoms with van der Waals surface area (Å²) in [4.78, 5) is 13.9. The number of ether oxygens (including phenoxy) is 1. The predicted molar refractivity (Wildman–Crippen MR) is 79.5 cm³/mol. The molecule has 0 spiro atoms. The van der Waals surface area contributed by atoms with E-state index in [9.17, 15) is 4.79 Å². The molecule has 2 rings (SSSR count). The molecule has 0 aliphatic carbocycles. The van der Waals surface area contributed by atoms with Crippen molar-refractivity contribution in [2.45, 2.75) is 32.0 Å². The van der Waals surface area contributed by atoms with E-state index in [-0.39, 0.29) is 18.1 Å². The summed E-state index contributed by atoms with van der Waals surface area (Å²) in [6.07, 6.45) is 3.54. The van der Waals surface area contributed by atoms with E-state index in [4.69, 9.17) is 4.74 Å². The van der Waals surface area contributed by atoms with Gasteiger partial charge in [-0.2, -0.15) is 0 Å². The van der Waals surface area contributed by atoms with Crippen molar-refractivity contribution in [1.29, 1.82) is 0 Å². The Morgan fingerprint density at radius 2 is 2.10 bits per heavy atom. The van der Waals surface area contributed by atoms with Gasteiger partial charge in [0.05, 0.1) is 6.04 Å². The third-order valence-corrected chi connectivity index (χ3v) is 3.53. The molecule has 1 heterocycles. The first-order valence-corrected chi connectivity index (χ1v) is 7.03. The maximum Gasteiger partial charge on any atom is 0.241 e. The van der Waals surface area contributed by atoms with Gasteiger partial charge in [-0.15, -0.1) is 0 Å². The zero-order valence-electron chi connectivity index (χ0n) is 12.1. The van der Waals surface area contributed by atoms with E-state index in [1.807, 2.05) is 31.3 Å². The van der Waals surface area contributed by atoms with Crippen LogP contribution in [0.15, 0.2) is 36.9 Å². The van der Waals surface area contributed by atoms with Crippen LogP contribution in [0.2, 0.25) is 0 Å². The highest BCUT2D eigenvalue weighted by Crippen LogP contribution is 2.26. The number of carbonyl (C=O) groups excluding carboxylic acids is 1. The van der Waals surface area contributed by atoms with Crippen LogP contribution in [0.1, 0.15) is 31.5 Å². The Balaban J connectivity index is 2.07. The molecule has 108 valence electrons. The minimum atomic E-state index is -0.0632. The summed E-state index contributed by atoms with van der Waals surface area (Å²) in [5.41, 5.74) is 1.07. The lowest BCUT2D eigenvalue weighted by molar-refractivity contribution is -0.128. The van der Waals surface area contributed by atoms with Crippen LogP contribution < -0.4 is 10.1 Å². The summed E-state index contributed by atoms with van der Waals surface area (Å²) in [6, 6.07) is 7.77. The highest BCUT2D eigenvalue weighted by molar-refractivity contribution is 5.84. The minimum absolute atomic E-state index is 0.0486. The zero-order valence-corrected chi connectivity index (χ0v) is 12.1. The Labute approximate surface area is 120 Å². The molecule has 20 heavy (non-hydrogen) atoms. The molecule has 1 aliphatic rings. The van der Waals surface area contributed by atoms with Gasteiger partial charge < -0.3 is 9.64 Å². The van der Waals surface area contributed by atoms with E-state index >= 15 is 0 Å². The fourth-order valence-corrected chi connectivity index (χ4v) is 2.46. The lowest BCUT2D eigenvalue weighted by Gasteiger charge is -2.20. The topological polar surface area (TPSA) is 41.6 Å². The highest BCUT2D eigenvalue weighted by atomic mass is 16.5. The second-order valence-electron chi connectivity index (χ2n) is 5.03. The van der Waals surface area contributed by atoms with E-state index < -0.39 is 0 Å². The summed E-state index contributed by atoms with van der Waals surface area (Å²) in [7, 11) is 1.85. The van der Waals surface area contributed by atoms with Crippen LogP contribution in [-0.2, 0) is 4.79 Å². The van der Waals surface area contributed by atoms with Crippen molar-refractivity contribution in [2.75, 3.05) is 13.7 Å². The SMILES string of the molecule is C=CCOc1ccc(C2NC(CCC)C(=O)N2C)cc1. The highest BCUT2D eigenvalue weighted by Gasteiger charge is 2.36. The van der Waals surface area contributed by atoms with Crippen LogP contribution >= 0.6 is 0 Å². The second-order valence-corrected chi connectivity index (χ2v) is 5.03. The number of hydrogen-bond donors (Lipinski definition) is 1. The van der Waals surface area contributed by atoms with E-state index in [1.165, 1.54) is 0 Å². The number of likely N-dealkylation sites (N-methyl/N-ethyl adjacent to an activating group) is 1. The molecule has 0 bridgehead atoms. The van der Waals surface area contributed by atoms with E-state index in [0.717, 1.165) is 24.2 Å². The van der Waals surface area contributed by atoms with Gasteiger partial charge in [-0.3, -0.25) is 10.1 Å².